The van der Waals surface area contributed by atoms with Crippen molar-refractivity contribution in [2.24, 2.45) is 5.10 Å². The summed E-state index contributed by atoms with van der Waals surface area (Å²) < 4.78 is 5.67. The molecule has 0 fully saturated rings. The van der Waals surface area contributed by atoms with E-state index < -0.39 is 10.8 Å². The van der Waals surface area contributed by atoms with Crippen molar-refractivity contribution in [3.63, 3.8) is 0 Å². The molecule has 2 aromatic carbocycles. The maximum Gasteiger partial charge on any atom is 0.291 e. The Morgan fingerprint density at radius 3 is 2.29 bits per heavy atom. The second-order valence-corrected chi connectivity index (χ2v) is 7.31. The first-order valence-corrected chi connectivity index (χ1v) is 9.80. The summed E-state index contributed by atoms with van der Waals surface area (Å²) in [5, 5.41) is 17.7. The van der Waals surface area contributed by atoms with Gasteiger partial charge in [0.25, 0.3) is 17.5 Å². The summed E-state index contributed by atoms with van der Waals surface area (Å²) in [5.74, 6) is -0.682. The van der Waals surface area contributed by atoms with Crippen molar-refractivity contribution in [2.45, 2.75) is 13.8 Å². The highest BCUT2D eigenvalue weighted by atomic mass is 79.9. The molecule has 3 aromatic rings. The number of furan rings is 1. The Bertz CT molecular complexity index is 1180. The predicted octanol–water partition coefficient (Wildman–Crippen LogP) is 4.67. The van der Waals surface area contributed by atoms with Crippen LogP contribution in [0.3, 0.4) is 0 Å². The molecule has 0 aliphatic heterocycles. The van der Waals surface area contributed by atoms with E-state index >= 15 is 0 Å². The number of anilines is 1. The zero-order valence-electron chi connectivity index (χ0n) is 16.5. The van der Waals surface area contributed by atoms with Crippen LogP contribution < -0.4 is 10.7 Å². The molecular weight excluding hydrogens is 468 g/mol. The summed E-state index contributed by atoms with van der Waals surface area (Å²) in [4.78, 5) is 34.8. The lowest BCUT2D eigenvalue weighted by Crippen LogP contribution is -2.19. The molecule has 1 heterocycles. The zero-order chi connectivity index (χ0) is 22.5. The quantitative estimate of drug-likeness (QED) is 0.298. The first kappa shape index (κ1) is 21.9. The molecule has 0 unspecified atom stereocenters. The molecule has 9 nitrogen and oxygen atoms in total. The van der Waals surface area contributed by atoms with Crippen molar-refractivity contribution in [1.82, 2.24) is 5.43 Å². The Morgan fingerprint density at radius 1 is 1.03 bits per heavy atom. The predicted molar refractivity (Wildman–Crippen MR) is 118 cm³/mol. The molecule has 0 bridgehead atoms. The second-order valence-electron chi connectivity index (χ2n) is 6.53. The highest BCUT2D eigenvalue weighted by Gasteiger charge is 2.14. The average Bonchev–Trinajstić information content (AvgIpc) is 3.18. The number of halogens is 1. The van der Waals surface area contributed by atoms with Crippen LogP contribution in [0.1, 0.15) is 39.0 Å². The van der Waals surface area contributed by atoms with Gasteiger partial charge in [-0.3, -0.25) is 19.7 Å². The van der Waals surface area contributed by atoms with Crippen LogP contribution in [0.15, 0.2) is 68.8 Å². The summed E-state index contributed by atoms with van der Waals surface area (Å²) in [5.41, 5.74) is 4.88. The third-order valence-electron chi connectivity index (χ3n) is 4.34. The minimum atomic E-state index is -0.501. The summed E-state index contributed by atoms with van der Waals surface area (Å²) in [6.45, 7) is 3.28. The number of carbonyl (C=O) groups is 2. The molecule has 31 heavy (non-hydrogen) atoms. The molecule has 3 rings (SSSR count). The van der Waals surface area contributed by atoms with Crippen LogP contribution in [0, 0.1) is 17.0 Å². The summed E-state index contributed by atoms with van der Waals surface area (Å²) in [6.07, 6.45) is 0. The van der Waals surface area contributed by atoms with E-state index in [4.69, 9.17) is 4.42 Å². The molecule has 0 saturated heterocycles. The van der Waals surface area contributed by atoms with Gasteiger partial charge in [-0.1, -0.05) is 12.1 Å². The number of nitrogens with one attached hydrogen (secondary N) is 2. The second kappa shape index (κ2) is 9.35. The van der Waals surface area contributed by atoms with Gasteiger partial charge in [0, 0.05) is 22.9 Å². The Morgan fingerprint density at radius 2 is 1.71 bits per heavy atom. The molecule has 1 aromatic heterocycles. The van der Waals surface area contributed by atoms with Gasteiger partial charge in [0.1, 0.15) is 0 Å². The number of nitrogens with zero attached hydrogens (tertiary/aromatic N) is 2. The van der Waals surface area contributed by atoms with Crippen molar-refractivity contribution < 1.29 is 18.9 Å². The van der Waals surface area contributed by atoms with Gasteiger partial charge in [-0.05, 0) is 71.7 Å². The van der Waals surface area contributed by atoms with Crippen LogP contribution in [-0.4, -0.2) is 22.4 Å². The highest BCUT2D eigenvalue weighted by molar-refractivity contribution is 9.10. The number of carbonyl (C=O) groups excluding carboxylic acids is 2. The molecule has 158 valence electrons. The minimum absolute atomic E-state index is 0.0527. The Labute approximate surface area is 185 Å². The standard InChI is InChI=1S/C21H17BrN4O5/c1-12-11-15(5-8-17(12)26(29)30)20(27)25-24-13(2)14-3-6-16(7-4-14)23-21(28)18-9-10-19(22)31-18/h3-11H,1-2H3,(H,23,28)(H,25,27). The Balaban J connectivity index is 1.63. The monoisotopic (exact) mass is 484 g/mol. The normalized spacial score (nSPS) is 11.1. The lowest BCUT2D eigenvalue weighted by atomic mass is 10.1. The van der Waals surface area contributed by atoms with E-state index in [1.165, 1.54) is 18.2 Å². The Hall–Kier alpha value is -3.79. The van der Waals surface area contributed by atoms with Gasteiger partial charge in [0.2, 0.25) is 0 Å². The van der Waals surface area contributed by atoms with Crippen LogP contribution >= 0.6 is 15.9 Å². The van der Waals surface area contributed by atoms with Crippen molar-refractivity contribution in [1.29, 1.82) is 0 Å². The maximum absolute atomic E-state index is 12.3. The van der Waals surface area contributed by atoms with E-state index in [1.54, 1.807) is 50.2 Å². The largest absolute Gasteiger partial charge is 0.444 e. The number of hydrazone groups is 1. The summed E-state index contributed by atoms with van der Waals surface area (Å²) >= 11 is 3.15. The first-order valence-electron chi connectivity index (χ1n) is 9.01. The van der Waals surface area contributed by atoms with E-state index in [1.807, 2.05) is 0 Å². The van der Waals surface area contributed by atoms with Crippen molar-refractivity contribution in [3.05, 3.63) is 91.8 Å². The molecule has 2 N–H and O–H groups in total. The number of hydrogen-bond donors (Lipinski definition) is 2. The lowest BCUT2D eigenvalue weighted by molar-refractivity contribution is -0.385. The number of benzene rings is 2. The minimum Gasteiger partial charge on any atom is -0.444 e. The van der Waals surface area contributed by atoms with E-state index in [0.29, 0.717) is 21.6 Å². The Kier molecular flexibility index (Phi) is 6.61. The number of hydrogen-bond acceptors (Lipinski definition) is 6. The number of nitro groups is 1. The van der Waals surface area contributed by atoms with E-state index in [-0.39, 0.29) is 22.9 Å². The zero-order valence-corrected chi connectivity index (χ0v) is 18.1. The summed E-state index contributed by atoms with van der Waals surface area (Å²) in [6, 6.07) is 14.2. The van der Waals surface area contributed by atoms with Gasteiger partial charge in [0.05, 0.1) is 10.6 Å². The molecule has 10 heteroatoms. The van der Waals surface area contributed by atoms with Crippen LogP contribution in [0.25, 0.3) is 0 Å². The van der Waals surface area contributed by atoms with Crippen LogP contribution in [0.5, 0.6) is 0 Å². The molecular formula is C21H17BrN4O5. The van der Waals surface area contributed by atoms with Gasteiger partial charge >= 0.3 is 0 Å². The average molecular weight is 485 g/mol. The molecule has 0 radical (unpaired) electrons. The third-order valence-corrected chi connectivity index (χ3v) is 4.76. The topological polar surface area (TPSA) is 127 Å². The molecule has 0 atom stereocenters. The van der Waals surface area contributed by atoms with E-state index in [2.05, 4.69) is 31.8 Å². The van der Waals surface area contributed by atoms with E-state index in [0.717, 1.165) is 5.56 Å². The smallest absolute Gasteiger partial charge is 0.291 e. The molecule has 0 aliphatic rings. The van der Waals surface area contributed by atoms with Crippen molar-refractivity contribution in [3.8, 4) is 0 Å². The van der Waals surface area contributed by atoms with Gasteiger partial charge in [0.15, 0.2) is 10.4 Å². The van der Waals surface area contributed by atoms with Gasteiger partial charge in [-0.25, -0.2) is 5.43 Å². The van der Waals surface area contributed by atoms with Crippen LogP contribution in [0.2, 0.25) is 0 Å². The number of amides is 2. The maximum atomic E-state index is 12.3. The fraction of sp³-hybridized carbons (Fsp3) is 0.0952. The van der Waals surface area contributed by atoms with Crippen LogP contribution in [-0.2, 0) is 0 Å². The summed E-state index contributed by atoms with van der Waals surface area (Å²) in [7, 11) is 0. The van der Waals surface area contributed by atoms with Gasteiger partial charge in [-0.2, -0.15) is 5.10 Å². The third kappa shape index (κ3) is 5.43. The lowest BCUT2D eigenvalue weighted by Gasteiger charge is -2.06. The number of aryl methyl sites for hydroxylation is 1. The first-order chi connectivity index (χ1) is 14.7. The SMILES string of the molecule is CC(=NNC(=O)c1ccc([N+](=O)[O-])c(C)c1)c1ccc(NC(=O)c2ccc(Br)o2)cc1. The molecule has 0 aliphatic carbocycles. The fourth-order valence-corrected chi connectivity index (χ4v) is 3.00. The van der Waals surface area contributed by atoms with Gasteiger partial charge in [-0.15, -0.1) is 0 Å². The molecule has 2 amide bonds. The number of rotatable bonds is 6. The van der Waals surface area contributed by atoms with Crippen LogP contribution in [0.4, 0.5) is 11.4 Å². The fourth-order valence-electron chi connectivity index (χ4n) is 2.69. The van der Waals surface area contributed by atoms with E-state index in [9.17, 15) is 19.7 Å². The molecule has 0 saturated carbocycles. The molecule has 0 spiro atoms. The highest BCUT2D eigenvalue weighted by Crippen LogP contribution is 2.19. The van der Waals surface area contributed by atoms with Gasteiger partial charge < -0.3 is 9.73 Å². The van der Waals surface area contributed by atoms with Crippen molar-refractivity contribution >= 4 is 44.8 Å². The van der Waals surface area contributed by atoms with Crippen molar-refractivity contribution in [2.75, 3.05) is 5.32 Å². The number of nitro benzene ring substituents is 1.